The maximum absolute atomic E-state index is 11.6. The first-order valence-corrected chi connectivity index (χ1v) is 8.71. The number of benzene rings is 2. The van der Waals surface area contributed by atoms with Crippen LogP contribution in [0.2, 0.25) is 1.41 Å². The molecule has 0 amide bonds. The Kier molecular flexibility index (Phi) is 3.93. The van der Waals surface area contributed by atoms with E-state index in [4.69, 9.17) is 1.41 Å². The molecule has 2 aromatic carbocycles. The van der Waals surface area contributed by atoms with Gasteiger partial charge in [-0.15, -0.1) is 0 Å². The van der Waals surface area contributed by atoms with Crippen molar-refractivity contribution in [2.24, 2.45) is 5.11 Å². The molecule has 0 radical (unpaired) electrons. The highest BCUT2D eigenvalue weighted by molar-refractivity contribution is 7.86. The topological polar surface area (TPSA) is 162 Å². The van der Waals surface area contributed by atoms with Gasteiger partial charge < -0.3 is 10.4 Å². The molecule has 0 fully saturated rings. The Balaban J connectivity index is 2.16. The summed E-state index contributed by atoms with van der Waals surface area (Å²) in [5, 5.41) is 17.1. The lowest BCUT2D eigenvalue weighted by atomic mass is 10.1. The van der Waals surface area contributed by atoms with Crippen molar-refractivity contribution in [1.29, 1.82) is 5.52 Å². The maximum atomic E-state index is 11.6. The molecule has 0 aliphatic heterocycles. The summed E-state index contributed by atoms with van der Waals surface area (Å²) in [7, 11) is -4.70. The number of nitrogens with one attached hydrogen (secondary N) is 2. The van der Waals surface area contributed by atoms with Crippen molar-refractivity contribution >= 4 is 38.2 Å². The number of aryl methyl sites for hydroxylation is 2. The molecule has 1 heterocycles. The van der Waals surface area contributed by atoms with E-state index in [2.05, 4.69) is 30.9 Å². The van der Waals surface area contributed by atoms with Crippen LogP contribution in [0.1, 0.15) is 11.6 Å². The zero-order valence-corrected chi connectivity index (χ0v) is 14.5. The number of hydrogen-bond donors (Lipinski definition) is 4. The Hall–Kier alpha value is -3.18. The molecule has 3 aromatic rings. The molecule has 0 spiro atoms. The number of rotatable bonds is 4. The van der Waals surface area contributed by atoms with E-state index in [1.54, 1.807) is 26.0 Å². The van der Waals surface area contributed by atoms with Gasteiger partial charge in [-0.1, -0.05) is 0 Å². The number of nitrogens with zero attached hydrogens (tertiary/aromatic N) is 4. The molecule has 3 rings (SSSR count). The van der Waals surface area contributed by atoms with Gasteiger partial charge in [0, 0.05) is 11.1 Å². The number of anilines is 2. The first-order chi connectivity index (χ1) is 12.7. The zero-order chi connectivity index (χ0) is 19.8. The molecule has 0 aliphatic carbocycles. The molecule has 0 aliphatic rings. The van der Waals surface area contributed by atoms with Gasteiger partial charge in [0.25, 0.3) is 10.1 Å². The molecule has 26 heavy (non-hydrogen) atoms. The monoisotopic (exact) mass is 375 g/mol. The van der Waals surface area contributed by atoms with Crippen LogP contribution in [0.4, 0.5) is 17.3 Å². The van der Waals surface area contributed by atoms with Gasteiger partial charge in [-0.2, -0.15) is 23.5 Å². The van der Waals surface area contributed by atoms with Gasteiger partial charge in [-0.3, -0.25) is 4.55 Å². The van der Waals surface area contributed by atoms with Crippen molar-refractivity contribution in [3.05, 3.63) is 35.9 Å². The van der Waals surface area contributed by atoms with E-state index >= 15 is 0 Å². The largest absolute Gasteiger partial charge is 0.505 e. The number of phenols is 1. The van der Waals surface area contributed by atoms with Gasteiger partial charge in [0.15, 0.2) is 5.75 Å². The third kappa shape index (κ3) is 3.30. The van der Waals surface area contributed by atoms with Crippen molar-refractivity contribution in [3.8, 4) is 5.75 Å². The van der Waals surface area contributed by atoms with Crippen LogP contribution in [-0.4, -0.2) is 33.0 Å². The molecule has 11 heteroatoms. The Bertz CT molecular complexity index is 1160. The van der Waals surface area contributed by atoms with E-state index in [1.807, 2.05) is 0 Å². The Morgan fingerprint density at radius 1 is 1.19 bits per heavy atom. The normalized spacial score (nSPS) is 12.5. The van der Waals surface area contributed by atoms with Gasteiger partial charge in [-0.05, 0) is 43.5 Å². The van der Waals surface area contributed by atoms with E-state index in [0.29, 0.717) is 28.7 Å². The number of hydrogen-bond acceptors (Lipinski definition) is 9. The van der Waals surface area contributed by atoms with Crippen LogP contribution < -0.4 is 5.32 Å². The van der Waals surface area contributed by atoms with Crippen molar-refractivity contribution in [2.75, 3.05) is 5.32 Å². The lowest BCUT2D eigenvalue weighted by molar-refractivity contribution is 0.471. The predicted octanol–water partition coefficient (Wildman–Crippen LogP) is 3.00. The minimum Gasteiger partial charge on any atom is -0.505 e. The minimum atomic E-state index is -4.70. The molecular weight excluding hydrogens is 360 g/mol. The summed E-state index contributed by atoms with van der Waals surface area (Å²) in [5.74, 6) is 0.845. The van der Waals surface area contributed by atoms with E-state index in [9.17, 15) is 18.1 Å². The second-order valence-electron chi connectivity index (χ2n) is 5.46. The minimum absolute atomic E-state index is 0.262. The van der Waals surface area contributed by atoms with E-state index in [0.717, 1.165) is 6.07 Å². The molecule has 0 bridgehead atoms. The summed E-state index contributed by atoms with van der Waals surface area (Å²) in [6.45, 7) is 3.44. The quantitative estimate of drug-likeness (QED) is 0.399. The molecule has 0 atom stereocenters. The summed E-state index contributed by atoms with van der Waals surface area (Å²) < 4.78 is 39.4. The summed E-state index contributed by atoms with van der Waals surface area (Å²) in [5.41, 5.74) is 2.75. The van der Waals surface area contributed by atoms with Crippen molar-refractivity contribution in [2.45, 2.75) is 18.7 Å². The fourth-order valence-corrected chi connectivity index (χ4v) is 3.18. The van der Waals surface area contributed by atoms with Crippen LogP contribution in [0, 0.1) is 19.4 Å². The lowest BCUT2D eigenvalue weighted by Gasteiger charge is -2.11. The smallest absolute Gasteiger partial charge is 0.296 e. The van der Waals surface area contributed by atoms with Gasteiger partial charge >= 0.3 is 0 Å². The molecule has 0 saturated heterocycles. The summed E-state index contributed by atoms with van der Waals surface area (Å²) in [6.07, 6.45) is 0. The standard InChI is InChI=1S/C15H14N6O4S/c1-7-17-8(2)19-15(18-7)20-10-3-4-11-9(5-10)6-12(26(23,24)25)13(21-16)14(11)22/h3-6,16,22H,1-2H3,(H,23,24,25)(H,17,18,19,20)/i/hD. The van der Waals surface area contributed by atoms with Crippen LogP contribution >= 0.6 is 0 Å². The van der Waals surface area contributed by atoms with Crippen LogP contribution in [0.5, 0.6) is 5.75 Å². The van der Waals surface area contributed by atoms with Crippen LogP contribution in [-0.2, 0) is 10.1 Å². The summed E-state index contributed by atoms with van der Waals surface area (Å²) >= 11 is 0. The third-order valence-electron chi connectivity index (χ3n) is 3.54. The van der Waals surface area contributed by atoms with Crippen molar-refractivity contribution in [3.63, 3.8) is 0 Å². The molecule has 4 N–H and O–H groups in total. The molecule has 1 aromatic heterocycles. The Labute approximate surface area is 149 Å². The number of phenolic OH excluding ortho intramolecular Hbond substituents is 1. The van der Waals surface area contributed by atoms with Gasteiger partial charge in [0.2, 0.25) is 7.36 Å². The highest BCUT2D eigenvalue weighted by Gasteiger charge is 2.21. The third-order valence-corrected chi connectivity index (χ3v) is 4.41. The van der Waals surface area contributed by atoms with Crippen LogP contribution in [0.15, 0.2) is 34.3 Å². The predicted molar refractivity (Wildman–Crippen MR) is 92.8 cm³/mol. The Morgan fingerprint density at radius 3 is 2.50 bits per heavy atom. The highest BCUT2D eigenvalue weighted by atomic mass is 32.2. The maximum Gasteiger partial charge on any atom is 0.296 e. The van der Waals surface area contributed by atoms with E-state index < -0.39 is 26.5 Å². The number of fused-ring (bicyclic) bond motifs is 1. The highest BCUT2D eigenvalue weighted by Crippen LogP contribution is 2.41. The molecule has 0 saturated carbocycles. The first kappa shape index (κ1) is 16.3. The van der Waals surface area contributed by atoms with Gasteiger partial charge in [-0.25, -0.2) is 10.5 Å². The summed E-state index contributed by atoms with van der Waals surface area (Å²) in [4.78, 5) is 11.7. The van der Waals surface area contributed by atoms with Gasteiger partial charge in [0.1, 0.15) is 22.2 Å². The average molecular weight is 375 g/mol. The zero-order valence-electron chi connectivity index (χ0n) is 14.7. The first-order valence-electron chi connectivity index (χ1n) is 7.72. The van der Waals surface area contributed by atoms with E-state index in [-0.39, 0.29) is 5.39 Å². The fourth-order valence-electron chi connectivity index (χ4n) is 2.52. The molecule has 134 valence electrons. The number of aromatic nitrogens is 3. The van der Waals surface area contributed by atoms with Crippen LogP contribution in [0.25, 0.3) is 10.8 Å². The second-order valence-corrected chi connectivity index (χ2v) is 6.85. The molecule has 10 nitrogen and oxygen atoms in total. The van der Waals surface area contributed by atoms with E-state index in [1.165, 1.54) is 6.07 Å². The van der Waals surface area contributed by atoms with Crippen molar-refractivity contribution < 1.29 is 19.5 Å². The van der Waals surface area contributed by atoms with Gasteiger partial charge in [0.05, 0.1) is 0 Å². The second kappa shape index (κ2) is 6.28. The SMILES string of the molecule is [2H]N=Nc1c(S(=O)(=O)O)cc2cc(Nc3nc(C)nc(C)n3)ccc2c1O. The average Bonchev–Trinajstić information content (AvgIpc) is 2.55. The van der Waals surface area contributed by atoms with Crippen LogP contribution in [0.3, 0.4) is 0 Å². The molecular formula is C15H14N6O4S. The summed E-state index contributed by atoms with van der Waals surface area (Å²) in [6, 6.07) is 5.80. The Morgan fingerprint density at radius 2 is 1.88 bits per heavy atom. The van der Waals surface area contributed by atoms with Crippen molar-refractivity contribution in [1.82, 2.24) is 15.0 Å². The lowest BCUT2D eigenvalue weighted by Crippen LogP contribution is -2.03. The molecule has 0 unspecified atom stereocenters. The number of aromatic hydroxyl groups is 1. The fraction of sp³-hybridized carbons (Fsp3) is 0.133.